The average molecular weight is 214 g/mol. The molecule has 1 unspecified atom stereocenters. The Hall–Kier alpha value is -0.600. The third-order valence-electron chi connectivity index (χ3n) is 2.99. The molecule has 0 aliphatic carbocycles. The Morgan fingerprint density at radius 3 is 2.86 bits per heavy atom. The molecule has 1 aliphatic heterocycles. The van der Waals surface area contributed by atoms with Crippen LogP contribution in [0.2, 0.25) is 5.02 Å². The molecule has 1 aliphatic rings. The highest BCUT2D eigenvalue weighted by Gasteiger charge is 2.30. The van der Waals surface area contributed by atoms with Gasteiger partial charge in [0.2, 0.25) is 0 Å². The van der Waals surface area contributed by atoms with Crippen molar-refractivity contribution < 1.29 is 4.39 Å². The van der Waals surface area contributed by atoms with E-state index >= 15 is 0 Å². The normalized spacial score (nSPS) is 26.8. The molecule has 1 aromatic rings. The number of rotatable bonds is 1. The van der Waals surface area contributed by atoms with Crippen LogP contribution in [-0.4, -0.2) is 13.1 Å². The highest BCUT2D eigenvalue weighted by atomic mass is 35.5. The van der Waals surface area contributed by atoms with Gasteiger partial charge in [-0.2, -0.15) is 0 Å². The topological polar surface area (TPSA) is 12.0 Å². The Kier molecular flexibility index (Phi) is 2.50. The van der Waals surface area contributed by atoms with Gasteiger partial charge in [-0.1, -0.05) is 24.6 Å². The lowest BCUT2D eigenvalue weighted by molar-refractivity contribution is 0.523. The van der Waals surface area contributed by atoms with Gasteiger partial charge in [0.1, 0.15) is 5.82 Å². The van der Waals surface area contributed by atoms with E-state index in [4.69, 9.17) is 11.6 Å². The Morgan fingerprint density at radius 1 is 1.50 bits per heavy atom. The number of benzene rings is 1. The van der Waals surface area contributed by atoms with Crippen LogP contribution in [0, 0.1) is 5.82 Å². The van der Waals surface area contributed by atoms with Gasteiger partial charge >= 0.3 is 0 Å². The molecule has 1 N–H and O–H groups in total. The first kappa shape index (κ1) is 9.94. The molecule has 0 amide bonds. The van der Waals surface area contributed by atoms with Crippen molar-refractivity contribution in [2.75, 3.05) is 13.1 Å². The maximum atomic E-state index is 13.0. The predicted molar refractivity (Wildman–Crippen MR) is 56.2 cm³/mol. The zero-order chi connectivity index (χ0) is 10.2. The van der Waals surface area contributed by atoms with Gasteiger partial charge in [0.05, 0.1) is 5.02 Å². The number of hydrogen-bond donors (Lipinski definition) is 1. The van der Waals surface area contributed by atoms with Crippen molar-refractivity contribution in [3.63, 3.8) is 0 Å². The molecule has 1 saturated heterocycles. The van der Waals surface area contributed by atoms with Crippen LogP contribution in [0.15, 0.2) is 18.2 Å². The van der Waals surface area contributed by atoms with Crippen molar-refractivity contribution in [1.29, 1.82) is 0 Å². The lowest BCUT2D eigenvalue weighted by Gasteiger charge is -2.23. The molecular weight excluding hydrogens is 201 g/mol. The zero-order valence-electron chi connectivity index (χ0n) is 8.11. The number of nitrogens with one attached hydrogen (secondary N) is 1. The minimum Gasteiger partial charge on any atom is -0.316 e. The second kappa shape index (κ2) is 3.52. The van der Waals surface area contributed by atoms with Crippen LogP contribution in [-0.2, 0) is 5.41 Å². The van der Waals surface area contributed by atoms with Crippen molar-refractivity contribution in [3.05, 3.63) is 34.6 Å². The summed E-state index contributed by atoms with van der Waals surface area (Å²) in [5.41, 5.74) is 1.23. The second-order valence-electron chi connectivity index (χ2n) is 4.12. The third kappa shape index (κ3) is 1.64. The van der Waals surface area contributed by atoms with E-state index in [0.29, 0.717) is 0 Å². The van der Waals surface area contributed by atoms with Crippen LogP contribution >= 0.6 is 11.6 Å². The van der Waals surface area contributed by atoms with E-state index in [1.165, 1.54) is 6.07 Å². The molecule has 1 heterocycles. The van der Waals surface area contributed by atoms with Gasteiger partial charge in [-0.3, -0.25) is 0 Å². The lowest BCUT2D eigenvalue weighted by Crippen LogP contribution is -2.24. The summed E-state index contributed by atoms with van der Waals surface area (Å²) >= 11 is 5.76. The summed E-state index contributed by atoms with van der Waals surface area (Å²) in [4.78, 5) is 0. The molecule has 1 aromatic carbocycles. The molecule has 1 nitrogen and oxygen atoms in total. The Balaban J connectivity index is 2.36. The van der Waals surface area contributed by atoms with Gasteiger partial charge in [-0.15, -0.1) is 0 Å². The zero-order valence-corrected chi connectivity index (χ0v) is 8.87. The fourth-order valence-corrected chi connectivity index (χ4v) is 2.12. The Bertz CT molecular complexity index is 345. The van der Waals surface area contributed by atoms with Crippen molar-refractivity contribution in [2.24, 2.45) is 0 Å². The van der Waals surface area contributed by atoms with Crippen molar-refractivity contribution >= 4 is 11.6 Å². The summed E-state index contributed by atoms with van der Waals surface area (Å²) in [5.74, 6) is -0.343. The lowest BCUT2D eigenvalue weighted by atomic mass is 9.82. The average Bonchev–Trinajstić information content (AvgIpc) is 2.58. The first-order valence-electron chi connectivity index (χ1n) is 4.78. The smallest absolute Gasteiger partial charge is 0.141 e. The quantitative estimate of drug-likeness (QED) is 0.757. The predicted octanol–water partition coefficient (Wildman–Crippen LogP) is 2.73. The van der Waals surface area contributed by atoms with Crippen LogP contribution in [0.1, 0.15) is 18.9 Å². The van der Waals surface area contributed by atoms with E-state index in [2.05, 4.69) is 12.2 Å². The van der Waals surface area contributed by atoms with E-state index in [1.807, 2.05) is 6.07 Å². The summed E-state index contributed by atoms with van der Waals surface area (Å²) in [6.07, 6.45) is 1.08. The number of halogens is 2. The summed E-state index contributed by atoms with van der Waals surface area (Å²) in [6, 6.07) is 5.01. The molecule has 0 spiro atoms. The molecule has 2 rings (SSSR count). The standard InChI is InChI=1S/C11H13ClFN/c1-11(4-5-14-7-11)8-2-3-10(13)9(12)6-8/h2-3,6,14H,4-5,7H2,1H3. The largest absolute Gasteiger partial charge is 0.316 e. The maximum absolute atomic E-state index is 13.0. The van der Waals surface area contributed by atoms with Gasteiger partial charge in [-0.25, -0.2) is 4.39 Å². The summed E-state index contributed by atoms with van der Waals surface area (Å²) < 4.78 is 13.0. The molecule has 1 atom stereocenters. The van der Waals surface area contributed by atoms with E-state index in [1.54, 1.807) is 6.07 Å². The van der Waals surface area contributed by atoms with Gasteiger partial charge < -0.3 is 5.32 Å². The molecule has 76 valence electrons. The molecule has 0 aromatic heterocycles. The third-order valence-corrected chi connectivity index (χ3v) is 3.27. The van der Waals surface area contributed by atoms with Crippen LogP contribution in [0.3, 0.4) is 0 Å². The summed E-state index contributed by atoms with van der Waals surface area (Å²) in [7, 11) is 0. The second-order valence-corrected chi connectivity index (χ2v) is 4.52. The first-order valence-corrected chi connectivity index (χ1v) is 5.16. The molecule has 0 radical (unpaired) electrons. The molecule has 0 saturated carbocycles. The number of hydrogen-bond acceptors (Lipinski definition) is 1. The van der Waals surface area contributed by atoms with Crippen LogP contribution in [0.4, 0.5) is 4.39 Å². The van der Waals surface area contributed by atoms with Crippen LogP contribution in [0.25, 0.3) is 0 Å². The molecular formula is C11H13ClFN. The van der Waals surface area contributed by atoms with Gasteiger partial charge in [-0.05, 0) is 30.7 Å². The Labute approximate surface area is 88.3 Å². The van der Waals surface area contributed by atoms with Crippen molar-refractivity contribution in [2.45, 2.75) is 18.8 Å². The summed E-state index contributed by atoms with van der Waals surface area (Å²) in [6.45, 7) is 4.14. The van der Waals surface area contributed by atoms with Gasteiger partial charge in [0.15, 0.2) is 0 Å². The Morgan fingerprint density at radius 2 is 2.29 bits per heavy atom. The van der Waals surface area contributed by atoms with E-state index in [9.17, 15) is 4.39 Å². The molecule has 14 heavy (non-hydrogen) atoms. The highest BCUT2D eigenvalue weighted by molar-refractivity contribution is 6.30. The minimum atomic E-state index is -0.343. The maximum Gasteiger partial charge on any atom is 0.141 e. The fourth-order valence-electron chi connectivity index (χ4n) is 1.93. The monoisotopic (exact) mass is 213 g/mol. The van der Waals surface area contributed by atoms with Gasteiger partial charge in [0.25, 0.3) is 0 Å². The van der Waals surface area contributed by atoms with Crippen LogP contribution < -0.4 is 5.32 Å². The molecule has 0 bridgehead atoms. The van der Waals surface area contributed by atoms with E-state index in [-0.39, 0.29) is 16.3 Å². The van der Waals surface area contributed by atoms with Crippen molar-refractivity contribution in [1.82, 2.24) is 5.32 Å². The van der Waals surface area contributed by atoms with Crippen LogP contribution in [0.5, 0.6) is 0 Å². The minimum absolute atomic E-state index is 0.108. The van der Waals surface area contributed by atoms with E-state index in [0.717, 1.165) is 25.1 Å². The van der Waals surface area contributed by atoms with Crippen molar-refractivity contribution in [3.8, 4) is 0 Å². The summed E-state index contributed by atoms with van der Waals surface area (Å²) in [5, 5.41) is 3.53. The van der Waals surface area contributed by atoms with Gasteiger partial charge in [0, 0.05) is 12.0 Å². The fraction of sp³-hybridized carbons (Fsp3) is 0.455. The molecule has 3 heteroatoms. The molecule has 1 fully saturated rings. The first-order chi connectivity index (χ1) is 6.62. The van der Waals surface area contributed by atoms with E-state index < -0.39 is 0 Å². The highest BCUT2D eigenvalue weighted by Crippen LogP contribution is 2.32. The SMILES string of the molecule is CC1(c2ccc(F)c(Cl)c2)CCNC1.